The van der Waals surface area contributed by atoms with Crippen LogP contribution in [0.5, 0.6) is 11.5 Å². The average molecular weight is 865 g/mol. The summed E-state index contributed by atoms with van der Waals surface area (Å²) in [6.07, 6.45) is 0. The summed E-state index contributed by atoms with van der Waals surface area (Å²) in [5.74, 6) is 0.298. The summed E-state index contributed by atoms with van der Waals surface area (Å²) in [7, 11) is 6.63. The lowest BCUT2D eigenvalue weighted by Gasteiger charge is -2.21. The van der Waals surface area contributed by atoms with Gasteiger partial charge in [0.1, 0.15) is 18.0 Å². The topological polar surface area (TPSA) is 118 Å². The SMILES string of the molecule is COc1c(CON(C)c2cccc(C)c2)cc2ccccc2c1N=Nc1ccc2c(c1)C(=O)c1cc(N=Nc3c(OC)c(C(=O)N(C)c4ccccc4Cl)cc4ccccc34)ccc1-2. The minimum Gasteiger partial charge on any atom is -0.494 e. The highest BCUT2D eigenvalue weighted by Crippen LogP contribution is 2.45. The van der Waals surface area contributed by atoms with Crippen LogP contribution in [0.3, 0.4) is 0 Å². The van der Waals surface area contributed by atoms with Crippen LogP contribution in [0.25, 0.3) is 32.7 Å². The van der Waals surface area contributed by atoms with Crippen molar-refractivity contribution in [3.8, 4) is 22.6 Å². The number of para-hydroxylation sites is 1. The Morgan fingerprint density at radius 3 is 1.80 bits per heavy atom. The molecule has 0 aliphatic heterocycles. The van der Waals surface area contributed by atoms with Crippen LogP contribution in [0.1, 0.15) is 37.4 Å². The maximum atomic E-state index is 14.1. The van der Waals surface area contributed by atoms with Crippen LogP contribution in [-0.4, -0.2) is 40.0 Å². The third-order valence-electron chi connectivity index (χ3n) is 11.3. The third-order valence-corrected chi connectivity index (χ3v) is 11.6. The summed E-state index contributed by atoms with van der Waals surface area (Å²) in [4.78, 5) is 35.7. The number of anilines is 2. The molecule has 1 aliphatic rings. The van der Waals surface area contributed by atoms with E-state index in [-0.39, 0.29) is 24.0 Å². The molecular weight excluding hydrogens is 824 g/mol. The van der Waals surface area contributed by atoms with Crippen LogP contribution in [0.4, 0.5) is 34.1 Å². The molecule has 0 bridgehead atoms. The number of benzene rings is 8. The second kappa shape index (κ2) is 17.6. The van der Waals surface area contributed by atoms with Crippen molar-refractivity contribution in [1.82, 2.24) is 0 Å². The van der Waals surface area contributed by atoms with Gasteiger partial charge in [-0.1, -0.05) is 96.5 Å². The highest BCUT2D eigenvalue weighted by Gasteiger charge is 2.28. The van der Waals surface area contributed by atoms with Crippen LogP contribution >= 0.6 is 11.6 Å². The minimum atomic E-state index is -0.333. The molecule has 9 rings (SSSR count). The first-order valence-corrected chi connectivity index (χ1v) is 20.8. The molecular formula is C52H41ClN6O5. The summed E-state index contributed by atoms with van der Waals surface area (Å²) in [6.45, 7) is 2.27. The normalized spacial score (nSPS) is 12.0. The number of methoxy groups -OCH3 is 2. The highest BCUT2D eigenvalue weighted by atomic mass is 35.5. The van der Waals surface area contributed by atoms with Crippen molar-refractivity contribution in [2.75, 3.05) is 38.3 Å². The van der Waals surface area contributed by atoms with Crippen molar-refractivity contribution in [2.45, 2.75) is 13.5 Å². The van der Waals surface area contributed by atoms with E-state index < -0.39 is 0 Å². The van der Waals surface area contributed by atoms with Crippen LogP contribution in [0.15, 0.2) is 166 Å². The van der Waals surface area contributed by atoms with Gasteiger partial charge in [0.25, 0.3) is 5.91 Å². The minimum absolute atomic E-state index is 0.169. The quantitative estimate of drug-likeness (QED) is 0.0891. The number of ketones is 1. The zero-order valence-electron chi connectivity index (χ0n) is 35.7. The van der Waals surface area contributed by atoms with E-state index >= 15 is 0 Å². The monoisotopic (exact) mass is 864 g/mol. The Hall–Kier alpha value is -7.73. The van der Waals surface area contributed by atoms with Crippen LogP contribution in [0.2, 0.25) is 5.02 Å². The number of fused-ring (bicyclic) bond motifs is 5. The number of azo groups is 2. The van der Waals surface area contributed by atoms with Gasteiger partial charge in [-0.15, -0.1) is 10.2 Å². The zero-order valence-corrected chi connectivity index (χ0v) is 36.4. The lowest BCUT2D eigenvalue weighted by molar-refractivity contribution is 0.0989. The van der Waals surface area contributed by atoms with E-state index in [9.17, 15) is 9.59 Å². The molecule has 11 nitrogen and oxygen atoms in total. The number of hydrogen-bond donors (Lipinski definition) is 0. The molecule has 0 N–H and O–H groups in total. The summed E-state index contributed by atoms with van der Waals surface area (Å²) >= 11 is 6.46. The summed E-state index contributed by atoms with van der Waals surface area (Å²) in [5.41, 5.74) is 8.12. The van der Waals surface area contributed by atoms with Crippen molar-refractivity contribution in [2.24, 2.45) is 20.5 Å². The van der Waals surface area contributed by atoms with Crippen molar-refractivity contribution < 1.29 is 23.9 Å². The van der Waals surface area contributed by atoms with Gasteiger partial charge in [0.15, 0.2) is 17.3 Å². The Kier molecular flexibility index (Phi) is 11.4. The Labute approximate surface area is 374 Å². The second-order valence-electron chi connectivity index (χ2n) is 15.3. The van der Waals surface area contributed by atoms with E-state index in [0.29, 0.717) is 55.9 Å². The molecule has 8 aromatic carbocycles. The molecule has 1 aliphatic carbocycles. The van der Waals surface area contributed by atoms with Gasteiger partial charge in [-0.25, -0.2) is 0 Å². The molecule has 0 aromatic heterocycles. The van der Waals surface area contributed by atoms with E-state index in [4.69, 9.17) is 31.0 Å². The first-order valence-electron chi connectivity index (χ1n) is 20.4. The number of nitrogens with zero attached hydrogens (tertiary/aromatic N) is 6. The summed E-state index contributed by atoms with van der Waals surface area (Å²) < 4.78 is 11.8. The van der Waals surface area contributed by atoms with E-state index in [1.54, 1.807) is 61.7 Å². The maximum absolute atomic E-state index is 14.1. The molecule has 0 radical (unpaired) electrons. The molecule has 0 spiro atoms. The lowest BCUT2D eigenvalue weighted by Crippen LogP contribution is -2.27. The number of halogens is 1. The molecule has 8 aromatic rings. The number of hydrogen-bond acceptors (Lipinski definition) is 10. The fourth-order valence-corrected chi connectivity index (χ4v) is 8.31. The number of amides is 1. The van der Waals surface area contributed by atoms with Crippen molar-refractivity contribution in [3.63, 3.8) is 0 Å². The Morgan fingerprint density at radius 1 is 0.609 bits per heavy atom. The number of ether oxygens (including phenoxy) is 2. The van der Waals surface area contributed by atoms with Gasteiger partial charge >= 0.3 is 0 Å². The zero-order chi connectivity index (χ0) is 44.5. The number of rotatable bonds is 12. The van der Waals surface area contributed by atoms with E-state index in [1.165, 1.54) is 12.0 Å². The molecule has 0 fully saturated rings. The van der Waals surface area contributed by atoms with Gasteiger partial charge in [-0.2, -0.15) is 10.2 Å². The standard InChI is InChI=1S/C52H41ClN6O5/c1-31-13-12-16-37(25-31)59(3)64-30-34-26-32-14-6-8-17-38(32)47(50(34)62-4)56-54-35-21-23-40-41-24-22-36(29-43(41)49(60)42(40)28-35)55-57-48-39-18-9-7-15-33(39)27-44(51(48)63-5)52(61)58(2)46-20-11-10-19-45(46)53/h6-29H,30H2,1-5H3. The van der Waals surface area contributed by atoms with Crippen molar-refractivity contribution in [1.29, 1.82) is 0 Å². The number of hydroxylamine groups is 1. The Morgan fingerprint density at radius 2 is 1.19 bits per heavy atom. The first-order chi connectivity index (χ1) is 31.1. The smallest absolute Gasteiger partial charge is 0.261 e. The molecule has 64 heavy (non-hydrogen) atoms. The van der Waals surface area contributed by atoms with E-state index in [1.807, 2.05) is 111 Å². The van der Waals surface area contributed by atoms with Gasteiger partial charge in [0, 0.05) is 41.6 Å². The van der Waals surface area contributed by atoms with Gasteiger partial charge < -0.3 is 14.4 Å². The van der Waals surface area contributed by atoms with Crippen LogP contribution in [-0.2, 0) is 11.4 Å². The fourth-order valence-electron chi connectivity index (χ4n) is 8.05. The predicted octanol–water partition coefficient (Wildman–Crippen LogP) is 13.9. The van der Waals surface area contributed by atoms with Gasteiger partial charge in [-0.05, 0) is 95.1 Å². The maximum Gasteiger partial charge on any atom is 0.261 e. The predicted molar refractivity (Wildman–Crippen MR) is 253 cm³/mol. The summed E-state index contributed by atoms with van der Waals surface area (Å²) in [5, 5.41) is 24.1. The van der Waals surface area contributed by atoms with Gasteiger partial charge in [-0.3, -0.25) is 19.5 Å². The van der Waals surface area contributed by atoms with E-state index in [2.05, 4.69) is 21.4 Å². The van der Waals surface area contributed by atoms with Crippen molar-refractivity contribution in [3.05, 3.63) is 178 Å². The Balaban J connectivity index is 0.997. The Bertz CT molecular complexity index is 3220. The molecule has 0 heterocycles. The van der Waals surface area contributed by atoms with Gasteiger partial charge in [0.2, 0.25) is 0 Å². The number of carbonyl (C=O) groups is 2. The molecule has 0 atom stereocenters. The van der Waals surface area contributed by atoms with Crippen molar-refractivity contribution >= 4 is 79.0 Å². The number of carbonyl (C=O) groups excluding carboxylic acids is 2. The first kappa shape index (κ1) is 41.6. The molecule has 0 saturated heterocycles. The average Bonchev–Trinajstić information content (AvgIpc) is 3.60. The number of aryl methyl sites for hydroxylation is 1. The molecule has 0 unspecified atom stereocenters. The van der Waals surface area contributed by atoms with Crippen LogP contribution < -0.4 is 19.4 Å². The fraction of sp³-hybridized carbons (Fsp3) is 0.115. The largest absolute Gasteiger partial charge is 0.494 e. The second-order valence-corrected chi connectivity index (χ2v) is 15.7. The highest BCUT2D eigenvalue weighted by molar-refractivity contribution is 6.34. The van der Waals surface area contributed by atoms with E-state index in [0.717, 1.165) is 49.5 Å². The molecule has 0 saturated carbocycles. The van der Waals surface area contributed by atoms with Crippen LogP contribution in [0, 0.1) is 6.92 Å². The third kappa shape index (κ3) is 7.83. The van der Waals surface area contributed by atoms with Gasteiger partial charge in [0.05, 0.1) is 47.6 Å². The molecule has 1 amide bonds. The molecule has 12 heteroatoms. The summed E-state index contributed by atoms with van der Waals surface area (Å²) in [6, 6.07) is 45.4. The lowest BCUT2D eigenvalue weighted by atomic mass is 10.0. The molecule has 316 valence electrons.